The normalized spacial score (nSPS) is 15.8. The zero-order chi connectivity index (χ0) is 14.2. The van der Waals surface area contributed by atoms with E-state index in [2.05, 4.69) is 22.4 Å². The maximum Gasteiger partial charge on any atom is 0.240 e. The van der Waals surface area contributed by atoms with Crippen molar-refractivity contribution in [1.82, 2.24) is 5.43 Å². The molecule has 1 aliphatic heterocycles. The molecule has 0 aliphatic carbocycles. The highest BCUT2D eigenvalue weighted by atomic mass is 16.4. The van der Waals surface area contributed by atoms with Crippen molar-refractivity contribution < 1.29 is 9.21 Å². The Labute approximate surface area is 120 Å². The molecule has 2 rings (SSSR count). The zero-order valence-electron chi connectivity index (χ0n) is 12.1. The molecule has 0 unspecified atom stereocenters. The summed E-state index contributed by atoms with van der Waals surface area (Å²) < 4.78 is 5.71. The standard InChI is InChI=1S/C15H23N3O2/c1-2-3-7-14(19)17-16-12-13-8-9-15(20-13)18-10-5-4-6-11-18/h8-9,12H,2-7,10-11H2,1H3,(H,17,19)/b16-12+. The van der Waals surface area contributed by atoms with Gasteiger partial charge in [0.05, 0.1) is 6.21 Å². The van der Waals surface area contributed by atoms with Crippen LogP contribution in [0.1, 0.15) is 51.2 Å². The number of carbonyl (C=O) groups is 1. The van der Waals surface area contributed by atoms with Gasteiger partial charge in [0.15, 0.2) is 5.88 Å². The second-order valence-corrected chi connectivity index (χ2v) is 5.12. The molecular weight excluding hydrogens is 254 g/mol. The van der Waals surface area contributed by atoms with Crippen LogP contribution in [0, 0.1) is 0 Å². The van der Waals surface area contributed by atoms with E-state index in [1.54, 1.807) is 6.21 Å². The first kappa shape index (κ1) is 14.6. The predicted octanol–water partition coefficient (Wildman–Crippen LogP) is 2.91. The van der Waals surface area contributed by atoms with E-state index < -0.39 is 0 Å². The molecule has 5 heteroatoms. The highest BCUT2D eigenvalue weighted by Crippen LogP contribution is 2.21. The van der Waals surface area contributed by atoms with Gasteiger partial charge in [-0.15, -0.1) is 0 Å². The summed E-state index contributed by atoms with van der Waals surface area (Å²) in [5.74, 6) is 1.51. The minimum atomic E-state index is -0.0501. The van der Waals surface area contributed by atoms with Gasteiger partial charge >= 0.3 is 0 Å². The molecule has 0 aromatic carbocycles. The van der Waals surface area contributed by atoms with Crippen LogP contribution in [-0.2, 0) is 4.79 Å². The van der Waals surface area contributed by atoms with Gasteiger partial charge in [0.25, 0.3) is 0 Å². The van der Waals surface area contributed by atoms with Gasteiger partial charge < -0.3 is 9.32 Å². The van der Waals surface area contributed by atoms with E-state index in [9.17, 15) is 4.79 Å². The van der Waals surface area contributed by atoms with Crippen LogP contribution in [-0.4, -0.2) is 25.2 Å². The molecule has 0 radical (unpaired) electrons. The van der Waals surface area contributed by atoms with Crippen molar-refractivity contribution >= 4 is 18.0 Å². The van der Waals surface area contributed by atoms with Crippen molar-refractivity contribution in [1.29, 1.82) is 0 Å². The van der Waals surface area contributed by atoms with Crippen LogP contribution in [0.2, 0.25) is 0 Å². The SMILES string of the molecule is CCCCC(=O)N/N=C/c1ccc(N2CCCCC2)o1. The molecule has 1 aromatic heterocycles. The highest BCUT2D eigenvalue weighted by molar-refractivity contribution is 5.80. The van der Waals surface area contributed by atoms with Gasteiger partial charge in [0, 0.05) is 25.6 Å². The van der Waals surface area contributed by atoms with Gasteiger partial charge in [-0.1, -0.05) is 13.3 Å². The number of nitrogens with zero attached hydrogens (tertiary/aromatic N) is 2. The maximum absolute atomic E-state index is 11.4. The number of unbranched alkanes of at least 4 members (excludes halogenated alkanes) is 1. The zero-order valence-corrected chi connectivity index (χ0v) is 12.1. The largest absolute Gasteiger partial charge is 0.440 e. The topological polar surface area (TPSA) is 57.8 Å². The van der Waals surface area contributed by atoms with Crippen LogP contribution >= 0.6 is 0 Å². The Morgan fingerprint density at radius 3 is 2.95 bits per heavy atom. The molecule has 0 saturated carbocycles. The quantitative estimate of drug-likeness (QED) is 0.642. The number of hydrogen-bond donors (Lipinski definition) is 1. The predicted molar refractivity (Wildman–Crippen MR) is 80.0 cm³/mol. The Kier molecular flexibility index (Phi) is 5.65. The summed E-state index contributed by atoms with van der Waals surface area (Å²) in [6, 6.07) is 3.84. The van der Waals surface area contributed by atoms with Gasteiger partial charge in [-0.2, -0.15) is 5.10 Å². The lowest BCUT2D eigenvalue weighted by Crippen LogP contribution is -2.28. The monoisotopic (exact) mass is 277 g/mol. The number of furan rings is 1. The van der Waals surface area contributed by atoms with E-state index in [-0.39, 0.29) is 5.91 Å². The Morgan fingerprint density at radius 2 is 2.20 bits per heavy atom. The second kappa shape index (κ2) is 7.72. The molecule has 1 aliphatic rings. The number of amides is 1. The summed E-state index contributed by atoms with van der Waals surface area (Å²) >= 11 is 0. The fourth-order valence-corrected chi connectivity index (χ4v) is 2.26. The summed E-state index contributed by atoms with van der Waals surface area (Å²) in [5.41, 5.74) is 2.51. The van der Waals surface area contributed by atoms with Crippen LogP contribution in [0.4, 0.5) is 5.88 Å². The number of rotatable bonds is 6. The fraction of sp³-hybridized carbons (Fsp3) is 0.600. The molecule has 1 amide bonds. The van der Waals surface area contributed by atoms with E-state index in [1.165, 1.54) is 19.3 Å². The first-order valence-corrected chi connectivity index (χ1v) is 7.46. The average Bonchev–Trinajstić information content (AvgIpc) is 2.95. The number of anilines is 1. The summed E-state index contributed by atoms with van der Waals surface area (Å²) in [4.78, 5) is 13.6. The molecule has 1 aromatic rings. The van der Waals surface area contributed by atoms with Gasteiger partial charge in [0.1, 0.15) is 5.76 Å². The minimum absolute atomic E-state index is 0.0501. The van der Waals surface area contributed by atoms with Crippen molar-refractivity contribution in [3.05, 3.63) is 17.9 Å². The van der Waals surface area contributed by atoms with Crippen molar-refractivity contribution in [2.24, 2.45) is 5.10 Å². The van der Waals surface area contributed by atoms with E-state index in [1.807, 2.05) is 12.1 Å². The summed E-state index contributed by atoms with van der Waals surface area (Å²) in [6.45, 7) is 4.16. The average molecular weight is 277 g/mol. The molecule has 1 fully saturated rings. The number of hydrazone groups is 1. The van der Waals surface area contributed by atoms with Crippen LogP contribution in [0.15, 0.2) is 21.7 Å². The first-order chi connectivity index (χ1) is 9.79. The van der Waals surface area contributed by atoms with E-state index >= 15 is 0 Å². The summed E-state index contributed by atoms with van der Waals surface area (Å²) in [5, 5.41) is 3.92. The van der Waals surface area contributed by atoms with Gasteiger partial charge in [-0.25, -0.2) is 5.43 Å². The minimum Gasteiger partial charge on any atom is -0.440 e. The number of nitrogens with one attached hydrogen (secondary N) is 1. The lowest BCUT2D eigenvalue weighted by Gasteiger charge is -2.25. The van der Waals surface area contributed by atoms with Gasteiger partial charge in [-0.3, -0.25) is 4.79 Å². The third kappa shape index (κ3) is 4.40. The summed E-state index contributed by atoms with van der Waals surface area (Å²) in [6.07, 6.45) is 7.71. The molecule has 20 heavy (non-hydrogen) atoms. The molecular formula is C15H23N3O2. The van der Waals surface area contributed by atoms with Gasteiger partial charge in [-0.05, 0) is 31.7 Å². The third-order valence-corrected chi connectivity index (χ3v) is 3.42. The van der Waals surface area contributed by atoms with E-state index in [4.69, 9.17) is 4.42 Å². The molecule has 5 nitrogen and oxygen atoms in total. The van der Waals surface area contributed by atoms with Crippen LogP contribution < -0.4 is 10.3 Å². The molecule has 2 heterocycles. The Hall–Kier alpha value is -1.78. The fourth-order valence-electron chi connectivity index (χ4n) is 2.26. The maximum atomic E-state index is 11.4. The summed E-state index contributed by atoms with van der Waals surface area (Å²) in [7, 11) is 0. The van der Waals surface area contributed by atoms with Crippen molar-refractivity contribution in [3.63, 3.8) is 0 Å². The smallest absolute Gasteiger partial charge is 0.240 e. The molecule has 110 valence electrons. The van der Waals surface area contributed by atoms with Crippen LogP contribution in [0.3, 0.4) is 0 Å². The Balaban J connectivity index is 1.81. The number of carbonyl (C=O) groups excluding carboxylic acids is 1. The highest BCUT2D eigenvalue weighted by Gasteiger charge is 2.13. The lowest BCUT2D eigenvalue weighted by atomic mass is 10.1. The lowest BCUT2D eigenvalue weighted by molar-refractivity contribution is -0.121. The molecule has 0 bridgehead atoms. The van der Waals surface area contributed by atoms with Crippen molar-refractivity contribution in [2.45, 2.75) is 45.4 Å². The molecule has 0 atom stereocenters. The first-order valence-electron chi connectivity index (χ1n) is 7.46. The van der Waals surface area contributed by atoms with E-state index in [0.717, 1.165) is 31.8 Å². The number of piperidine rings is 1. The van der Waals surface area contributed by atoms with Crippen molar-refractivity contribution in [3.8, 4) is 0 Å². The Morgan fingerprint density at radius 1 is 1.40 bits per heavy atom. The second-order valence-electron chi connectivity index (χ2n) is 5.12. The third-order valence-electron chi connectivity index (χ3n) is 3.42. The van der Waals surface area contributed by atoms with Gasteiger partial charge in [0.2, 0.25) is 5.91 Å². The van der Waals surface area contributed by atoms with Crippen LogP contribution in [0.25, 0.3) is 0 Å². The Bertz CT molecular complexity index is 448. The number of hydrogen-bond acceptors (Lipinski definition) is 4. The van der Waals surface area contributed by atoms with Crippen molar-refractivity contribution in [2.75, 3.05) is 18.0 Å². The van der Waals surface area contributed by atoms with E-state index in [0.29, 0.717) is 12.2 Å². The molecule has 0 spiro atoms. The molecule has 1 N–H and O–H groups in total. The van der Waals surface area contributed by atoms with Crippen LogP contribution in [0.5, 0.6) is 0 Å². The molecule has 1 saturated heterocycles.